The van der Waals surface area contributed by atoms with Crippen LogP contribution in [0.2, 0.25) is 0 Å². The number of rotatable bonds is 12. The molecule has 0 fully saturated rings. The number of fused-ring (bicyclic) bond motifs is 6. The van der Waals surface area contributed by atoms with E-state index in [4.69, 9.17) is 0 Å². The zero-order valence-corrected chi connectivity index (χ0v) is 55.7. The molecule has 0 amide bonds. The van der Waals surface area contributed by atoms with E-state index in [2.05, 4.69) is 255 Å². The Hall–Kier alpha value is -2.87. The Balaban J connectivity index is 0.000000542. The van der Waals surface area contributed by atoms with Crippen molar-refractivity contribution in [1.82, 2.24) is 0 Å². The van der Waals surface area contributed by atoms with Gasteiger partial charge in [0.25, 0.3) is 0 Å². The van der Waals surface area contributed by atoms with Crippen molar-refractivity contribution in [2.24, 2.45) is 0 Å². The molecule has 400 valence electrons. The van der Waals surface area contributed by atoms with Gasteiger partial charge in [0.1, 0.15) is 0 Å². The zero-order valence-electron chi connectivity index (χ0n) is 49.2. The third kappa shape index (κ3) is 21.2. The molecular formula is C66H92Cl2N4Zr2-2. The van der Waals surface area contributed by atoms with Crippen LogP contribution in [0.3, 0.4) is 0 Å². The molecule has 0 saturated heterocycles. The van der Waals surface area contributed by atoms with E-state index >= 15 is 0 Å². The topological polar surface area (TPSA) is 13.0 Å². The number of halogens is 2. The summed E-state index contributed by atoms with van der Waals surface area (Å²) in [4.78, 5) is 9.90. The number of nitrogens with zero attached hydrogens (tertiary/aromatic N) is 4. The second-order valence-electron chi connectivity index (χ2n) is 21.9. The van der Waals surface area contributed by atoms with Crippen molar-refractivity contribution in [3.05, 3.63) is 144 Å². The maximum atomic E-state index is 3.74. The monoisotopic (exact) mass is 1190 g/mol. The van der Waals surface area contributed by atoms with E-state index in [1.54, 1.807) is 48.5 Å². The van der Waals surface area contributed by atoms with Gasteiger partial charge >= 0.3 is 82.6 Å². The molecule has 0 heterocycles. The average molecular weight is 1190 g/mol. The molecule has 4 nitrogen and oxygen atoms in total. The smallest absolute Gasteiger partial charge is 0.109 e. The van der Waals surface area contributed by atoms with E-state index in [1.165, 1.54) is 73.7 Å². The summed E-state index contributed by atoms with van der Waals surface area (Å²) in [5.41, 5.74) is 16.1. The quantitative estimate of drug-likeness (QED) is 0.113. The van der Waals surface area contributed by atoms with E-state index in [0.29, 0.717) is 48.3 Å². The fraction of sp³-hybridized carbons (Fsp3) is 0.485. The molecule has 74 heavy (non-hydrogen) atoms. The molecule has 4 aliphatic rings. The molecule has 0 unspecified atom stereocenters. The molecule has 4 aromatic carbocycles. The Morgan fingerprint density at radius 2 is 0.676 bits per heavy atom. The molecular weight excluding hydrogens is 1100 g/mol. The van der Waals surface area contributed by atoms with Gasteiger partial charge < -0.3 is 44.4 Å². The summed E-state index contributed by atoms with van der Waals surface area (Å²) >= 11 is 3.11. The summed E-state index contributed by atoms with van der Waals surface area (Å²) < 4.78 is 3.01. The van der Waals surface area contributed by atoms with Crippen molar-refractivity contribution in [2.75, 3.05) is 19.6 Å². The molecule has 0 aliphatic heterocycles. The number of hydrogen-bond acceptors (Lipinski definition) is 4. The Kier molecular flexibility index (Phi) is 31.9. The maximum absolute atomic E-state index is 3.74. The Morgan fingerprint density at radius 3 is 0.892 bits per heavy atom. The fourth-order valence-corrected chi connectivity index (χ4v) is 10.2. The first kappa shape index (κ1) is 69.1. The number of benzene rings is 4. The second kappa shape index (κ2) is 34.1. The van der Waals surface area contributed by atoms with Gasteiger partial charge in [0, 0.05) is 59.7 Å². The third-order valence-corrected chi connectivity index (χ3v) is 12.3. The van der Waals surface area contributed by atoms with Crippen molar-refractivity contribution in [2.45, 2.75) is 212 Å². The molecule has 0 spiro atoms. The number of hydrogen-bond donors (Lipinski definition) is 0. The standard InChI is InChI=1S/2C25H35N2.2C5H5.2C3H6.2ClH.2Zr/c2*1-16(2)26(17(3)4)22-9-11-24-20(14-22)13-21-15-23(10-12-25(21)24)27(18(5)6)19(7)8;2*1-2-4-5-3-1;2*1-3-2;;;;/h2*9-12,14,16-19H,13H2,1-8H3;2*1-3H,4H2;2*1-2H3;2*1H;;/q4*-1;;;;;2*+2/p-2. The zero-order chi connectivity index (χ0) is 54.0. The van der Waals surface area contributed by atoms with Gasteiger partial charge in [0.05, 0.1) is 0 Å². The summed E-state index contributed by atoms with van der Waals surface area (Å²) in [6, 6.07) is 34.4. The van der Waals surface area contributed by atoms with Crippen LogP contribution in [0, 0.1) is 24.3 Å². The first-order chi connectivity index (χ1) is 33.9. The summed E-state index contributed by atoms with van der Waals surface area (Å²) in [7, 11) is 0. The van der Waals surface area contributed by atoms with Gasteiger partial charge in [0.15, 0.2) is 0 Å². The second-order valence-corrected chi connectivity index (χ2v) is 26.8. The fourth-order valence-electron chi connectivity index (χ4n) is 10.2. The Bertz CT molecular complexity index is 2110. The summed E-state index contributed by atoms with van der Waals surface area (Å²) in [6.45, 7) is 44.7. The molecule has 4 aliphatic carbocycles. The molecule has 8 rings (SSSR count). The van der Waals surface area contributed by atoms with E-state index in [9.17, 15) is 0 Å². The van der Waals surface area contributed by atoms with Crippen molar-refractivity contribution in [1.29, 1.82) is 0 Å². The van der Waals surface area contributed by atoms with Crippen LogP contribution in [-0.2, 0) is 61.3 Å². The molecule has 0 aromatic heterocycles. The molecule has 0 saturated carbocycles. The molecule has 0 N–H and O–H groups in total. The van der Waals surface area contributed by atoms with Crippen LogP contribution in [0.15, 0.2) is 97.1 Å². The maximum Gasteiger partial charge on any atom is -0.109 e. The van der Waals surface area contributed by atoms with E-state index < -0.39 is 0 Å². The summed E-state index contributed by atoms with van der Waals surface area (Å²) in [6.07, 6.45) is 22.0. The molecule has 8 heteroatoms. The van der Waals surface area contributed by atoms with Gasteiger partial charge in [0.2, 0.25) is 0 Å². The van der Waals surface area contributed by atoms with Crippen molar-refractivity contribution in [3.8, 4) is 22.3 Å². The van der Waals surface area contributed by atoms with Crippen LogP contribution in [0.5, 0.6) is 0 Å². The molecule has 0 radical (unpaired) electrons. The van der Waals surface area contributed by atoms with Crippen LogP contribution in [0.4, 0.5) is 22.7 Å². The minimum absolute atomic E-state index is 0. The van der Waals surface area contributed by atoms with Crippen LogP contribution in [0.25, 0.3) is 22.3 Å². The van der Waals surface area contributed by atoms with Gasteiger partial charge in [-0.3, -0.25) is 12.2 Å². The number of allylic oxidation sites excluding steroid dienone is 8. The van der Waals surface area contributed by atoms with Gasteiger partial charge in [-0.1, -0.05) is 34.6 Å². The average Bonchev–Trinajstić information content (AvgIpc) is 4.11. The van der Waals surface area contributed by atoms with Gasteiger partial charge in [-0.05, 0) is 159 Å². The first-order valence-electron chi connectivity index (χ1n) is 26.8. The van der Waals surface area contributed by atoms with Gasteiger partial charge in [-0.2, -0.15) is 36.4 Å². The minimum atomic E-state index is 0. The van der Waals surface area contributed by atoms with Crippen LogP contribution < -0.4 is 44.4 Å². The third-order valence-electron chi connectivity index (χ3n) is 12.3. The van der Waals surface area contributed by atoms with E-state index in [1.807, 2.05) is 24.3 Å². The Labute approximate surface area is 496 Å². The minimum Gasteiger partial charge on any atom is -1.00 e. The molecule has 4 aromatic rings. The van der Waals surface area contributed by atoms with Crippen LogP contribution >= 0.6 is 0 Å². The number of anilines is 4. The molecule has 0 atom stereocenters. The van der Waals surface area contributed by atoms with Crippen LogP contribution in [0.1, 0.15) is 174 Å². The predicted molar refractivity (Wildman–Crippen MR) is 314 cm³/mol. The Morgan fingerprint density at radius 1 is 0.405 bits per heavy atom. The van der Waals surface area contributed by atoms with Gasteiger partial charge in [-0.15, -0.1) is 47.2 Å². The van der Waals surface area contributed by atoms with Crippen LogP contribution in [-0.4, -0.2) is 54.7 Å². The van der Waals surface area contributed by atoms with Crippen molar-refractivity contribution in [3.63, 3.8) is 0 Å². The predicted octanol–water partition coefficient (Wildman–Crippen LogP) is 10.7. The normalized spacial score (nSPS) is 12.5. The summed E-state index contributed by atoms with van der Waals surface area (Å²) in [5, 5.41) is 0. The van der Waals surface area contributed by atoms with Crippen molar-refractivity contribution < 1.29 is 73.3 Å². The van der Waals surface area contributed by atoms with Gasteiger partial charge in [-0.25, -0.2) is 24.3 Å². The van der Waals surface area contributed by atoms with E-state index in [0.717, 1.165) is 25.7 Å². The largest absolute Gasteiger partial charge is 1.00 e. The molecule has 0 bridgehead atoms. The first-order valence-corrected chi connectivity index (χ1v) is 29.3. The summed E-state index contributed by atoms with van der Waals surface area (Å²) in [5.74, 6) is 0. The SMILES string of the molecule is CC(C)N(c1[c-]c2c(cc1)-c1ccc(N(C(C)C)C(C)C)cc1C2)C(C)C.CC(C)N(c1[c-]c2c(cc1)-c1ccc(N(C(C)C)C(C)C)cc1C2)C(C)C.C[C](C)=[Zr+2].C[C](C)=[Zr+2].[C-]1=CC=CC1.[C-]1=CC=CC1.[Cl-].[Cl-]. The van der Waals surface area contributed by atoms with Crippen molar-refractivity contribution >= 4 is 29.2 Å². The van der Waals surface area contributed by atoms with E-state index in [-0.39, 0.29) is 24.8 Å².